The van der Waals surface area contributed by atoms with Crippen LogP contribution in [0.4, 0.5) is 4.39 Å². The molecule has 0 saturated heterocycles. The molecule has 1 aliphatic carbocycles. The third-order valence-corrected chi connectivity index (χ3v) is 6.43. The fourth-order valence-corrected chi connectivity index (χ4v) is 4.37. The maximum absolute atomic E-state index is 14.5. The normalized spacial score (nSPS) is 18.0. The minimum Gasteiger partial charge on any atom is -0.427 e. The van der Waals surface area contributed by atoms with E-state index in [0.717, 1.165) is 61.6 Å². The number of unbranched alkanes of at least 4 members (excludes halogenated alkanes) is 1. The molecule has 0 bridgehead atoms. The van der Waals surface area contributed by atoms with Gasteiger partial charge < -0.3 is 15.8 Å². The smallest absolute Gasteiger partial charge is 0.427 e. The minimum absolute atomic E-state index is 0.143. The Bertz CT molecular complexity index is 869. The Kier molecular flexibility index (Phi) is 11.1. The van der Waals surface area contributed by atoms with E-state index in [4.69, 9.17) is 37.0 Å². The summed E-state index contributed by atoms with van der Waals surface area (Å²) >= 11 is 5.92. The van der Waals surface area contributed by atoms with Gasteiger partial charge in [-0.1, -0.05) is 48.7 Å². The van der Waals surface area contributed by atoms with Crippen LogP contribution < -0.4 is 5.73 Å². The highest BCUT2D eigenvalue weighted by Gasteiger charge is 2.32. The fraction of sp³-hybridized carbons (Fsp3) is 0.458. The molecule has 0 spiro atoms. The first kappa shape index (κ1) is 26.2. The van der Waals surface area contributed by atoms with Crippen LogP contribution in [0.2, 0.25) is 11.3 Å². The molecule has 0 heterocycles. The van der Waals surface area contributed by atoms with E-state index in [2.05, 4.69) is 0 Å². The number of aryl methyl sites for hydroxylation is 1. The van der Waals surface area contributed by atoms with Crippen LogP contribution in [0.5, 0.6) is 0 Å². The lowest BCUT2D eigenvalue weighted by atomic mass is 9.68. The lowest BCUT2D eigenvalue weighted by Gasteiger charge is -2.39. The second kappa shape index (κ2) is 13.5. The summed E-state index contributed by atoms with van der Waals surface area (Å²) in [6.07, 6.45) is 7.33. The summed E-state index contributed by atoms with van der Waals surface area (Å²) in [6, 6.07) is 13.1. The maximum atomic E-state index is 14.5. The molecule has 1 unspecified atom stereocenters. The predicted molar refractivity (Wildman–Crippen MR) is 123 cm³/mol. The molecule has 0 radical (unpaired) electrons. The van der Waals surface area contributed by atoms with E-state index in [1.807, 2.05) is 36.4 Å². The number of benzene rings is 2. The molecule has 2 aromatic rings. The number of hydrogen-bond acceptors (Lipinski definition) is 5. The predicted octanol–water partition coefficient (Wildman–Crippen LogP) is 4.49. The van der Waals surface area contributed by atoms with Crippen molar-refractivity contribution >= 4 is 24.9 Å². The Hall–Kier alpha value is -2.02. The Morgan fingerprint density at radius 1 is 1.09 bits per heavy atom. The number of hydrogen-bond donors (Lipinski definition) is 3. The van der Waals surface area contributed by atoms with Crippen LogP contribution >= 0.6 is 11.6 Å². The van der Waals surface area contributed by atoms with E-state index in [0.29, 0.717) is 23.2 Å². The first-order chi connectivity index (χ1) is 15.3. The molecule has 32 heavy (non-hydrogen) atoms. The fourth-order valence-electron chi connectivity index (χ4n) is 4.25. The van der Waals surface area contributed by atoms with Crippen molar-refractivity contribution in [2.45, 2.75) is 57.3 Å². The molecule has 1 aliphatic rings. The molecule has 0 aromatic heterocycles. The van der Waals surface area contributed by atoms with Gasteiger partial charge in [-0.25, -0.2) is 4.39 Å². The lowest BCUT2D eigenvalue weighted by molar-refractivity contribution is -0.191. The van der Waals surface area contributed by atoms with Crippen molar-refractivity contribution in [1.82, 2.24) is 0 Å². The molecule has 0 amide bonds. The van der Waals surface area contributed by atoms with E-state index in [1.54, 1.807) is 6.07 Å². The third kappa shape index (κ3) is 8.49. The zero-order valence-electron chi connectivity index (χ0n) is 18.1. The van der Waals surface area contributed by atoms with Gasteiger partial charge in [0.05, 0.1) is 0 Å². The molecule has 1 saturated carbocycles. The highest BCUT2D eigenvalue weighted by atomic mass is 35.5. The molecule has 5 nitrogen and oxygen atoms in total. The van der Waals surface area contributed by atoms with Crippen molar-refractivity contribution in [2.75, 3.05) is 0 Å². The summed E-state index contributed by atoms with van der Waals surface area (Å²) in [6.45, 7) is 0. The first-order valence-corrected chi connectivity index (χ1v) is 11.4. The van der Waals surface area contributed by atoms with Gasteiger partial charge in [0.25, 0.3) is 0 Å². The van der Waals surface area contributed by atoms with E-state index in [1.165, 1.54) is 0 Å². The zero-order valence-corrected chi connectivity index (χ0v) is 18.8. The van der Waals surface area contributed by atoms with E-state index >= 15 is 0 Å². The van der Waals surface area contributed by atoms with Gasteiger partial charge in [-0.3, -0.25) is 0 Å². The van der Waals surface area contributed by atoms with Gasteiger partial charge in [-0.15, -0.1) is 0 Å². The van der Waals surface area contributed by atoms with Gasteiger partial charge in [0.15, 0.2) is 0 Å². The molecule has 0 aliphatic heterocycles. The standard InChI is InChI=1S/C23H30BClFNO2.CO2/c25-21-10-8-17(9-11-21)19-7-6-18(22(26)15-19)5-4-16-13-20(14-16)23(27)3-1-2-12-24(28)29;2-1-3/h6-11,15-16,20,23,28-29H,1-5,12-14,27H2;. The summed E-state index contributed by atoms with van der Waals surface area (Å²) < 4.78 is 14.5. The quantitative estimate of drug-likeness (QED) is 0.357. The average Bonchev–Trinajstić information content (AvgIpc) is 2.72. The monoisotopic (exact) mass is 461 g/mol. The highest BCUT2D eigenvalue weighted by Crippen LogP contribution is 2.39. The van der Waals surface area contributed by atoms with Crippen molar-refractivity contribution in [3.8, 4) is 11.1 Å². The zero-order chi connectivity index (χ0) is 23.5. The molecule has 8 heteroatoms. The molecular weight excluding hydrogens is 432 g/mol. The van der Waals surface area contributed by atoms with Crippen LogP contribution in [-0.2, 0) is 16.0 Å². The Balaban J connectivity index is 0.00000114. The largest absolute Gasteiger partial charge is 0.451 e. The van der Waals surface area contributed by atoms with Crippen molar-refractivity contribution in [3.63, 3.8) is 0 Å². The van der Waals surface area contributed by atoms with Gasteiger partial charge in [0.2, 0.25) is 0 Å². The van der Waals surface area contributed by atoms with Gasteiger partial charge in [-0.05, 0) is 85.1 Å². The van der Waals surface area contributed by atoms with E-state index < -0.39 is 7.12 Å². The topological polar surface area (TPSA) is 101 Å². The molecule has 1 atom stereocenters. The number of nitrogens with two attached hydrogens (primary N) is 1. The van der Waals surface area contributed by atoms with Crippen LogP contribution in [0.3, 0.4) is 0 Å². The van der Waals surface area contributed by atoms with Crippen molar-refractivity contribution in [3.05, 3.63) is 58.9 Å². The Morgan fingerprint density at radius 3 is 2.31 bits per heavy atom. The Morgan fingerprint density at radius 2 is 1.72 bits per heavy atom. The summed E-state index contributed by atoms with van der Waals surface area (Å²) in [5.41, 5.74) is 8.88. The third-order valence-electron chi connectivity index (χ3n) is 6.18. The second-order valence-electron chi connectivity index (χ2n) is 8.46. The Labute approximate surface area is 193 Å². The van der Waals surface area contributed by atoms with Crippen LogP contribution in [-0.4, -0.2) is 29.4 Å². The van der Waals surface area contributed by atoms with Gasteiger partial charge in [0, 0.05) is 11.1 Å². The van der Waals surface area contributed by atoms with E-state index in [9.17, 15) is 4.39 Å². The SMILES string of the molecule is NC(CCCCB(O)O)C1CC(CCc2ccc(-c3ccc(Cl)cc3)cc2F)C1.O=C=O. The maximum Gasteiger partial charge on any atom is 0.451 e. The minimum atomic E-state index is -1.21. The molecular formula is C24H30BClFNO4. The summed E-state index contributed by atoms with van der Waals surface area (Å²) in [4.78, 5) is 16.2. The lowest BCUT2D eigenvalue weighted by Crippen LogP contribution is -2.39. The van der Waals surface area contributed by atoms with Gasteiger partial charge >= 0.3 is 13.3 Å². The van der Waals surface area contributed by atoms with Gasteiger partial charge in [0.1, 0.15) is 5.82 Å². The molecule has 1 fully saturated rings. The van der Waals surface area contributed by atoms with Crippen LogP contribution in [0.1, 0.15) is 44.1 Å². The summed E-state index contributed by atoms with van der Waals surface area (Å²) in [5, 5.41) is 18.4. The van der Waals surface area contributed by atoms with Crippen molar-refractivity contribution in [2.24, 2.45) is 17.6 Å². The second-order valence-corrected chi connectivity index (χ2v) is 8.90. The molecule has 3 rings (SSSR count). The number of halogens is 2. The highest BCUT2D eigenvalue weighted by molar-refractivity contribution is 6.40. The van der Waals surface area contributed by atoms with Crippen molar-refractivity contribution in [1.29, 1.82) is 0 Å². The van der Waals surface area contributed by atoms with Crippen LogP contribution in [0, 0.1) is 17.7 Å². The number of carbonyl (C=O) groups excluding carboxylic acids is 2. The first-order valence-electron chi connectivity index (χ1n) is 11.0. The molecule has 4 N–H and O–H groups in total. The summed E-state index contributed by atoms with van der Waals surface area (Å²) in [5.74, 6) is 1.04. The molecule has 2 aromatic carbocycles. The molecule has 172 valence electrons. The van der Waals surface area contributed by atoms with Crippen LogP contribution in [0.15, 0.2) is 42.5 Å². The van der Waals surface area contributed by atoms with E-state index in [-0.39, 0.29) is 18.0 Å². The van der Waals surface area contributed by atoms with Gasteiger partial charge in [-0.2, -0.15) is 9.59 Å². The average molecular weight is 462 g/mol. The van der Waals surface area contributed by atoms with Crippen molar-refractivity contribution < 1.29 is 24.0 Å². The summed E-state index contributed by atoms with van der Waals surface area (Å²) in [7, 11) is -1.21. The van der Waals surface area contributed by atoms with Crippen LogP contribution in [0.25, 0.3) is 11.1 Å². The number of rotatable bonds is 10.